The van der Waals surface area contributed by atoms with Crippen molar-refractivity contribution in [3.63, 3.8) is 0 Å². The number of anilines is 2. The summed E-state index contributed by atoms with van der Waals surface area (Å²) in [6.07, 6.45) is 2.85. The Hall–Kier alpha value is -2.58. The lowest BCUT2D eigenvalue weighted by atomic mass is 9.88. The molecule has 8 heteroatoms. The average Bonchev–Trinajstić information content (AvgIpc) is 3.11. The zero-order chi connectivity index (χ0) is 22.7. The molecule has 0 saturated carbocycles. The monoisotopic (exact) mass is 457 g/mol. The van der Waals surface area contributed by atoms with Crippen molar-refractivity contribution in [1.82, 2.24) is 4.90 Å². The summed E-state index contributed by atoms with van der Waals surface area (Å²) >= 11 is 1.53. The molecule has 1 unspecified atom stereocenters. The summed E-state index contributed by atoms with van der Waals surface area (Å²) < 4.78 is 5.30. The number of aromatic hydroxyl groups is 1. The van der Waals surface area contributed by atoms with Crippen molar-refractivity contribution in [2.24, 2.45) is 5.92 Å². The van der Waals surface area contributed by atoms with Crippen LogP contribution in [-0.2, 0) is 22.4 Å². The lowest BCUT2D eigenvalue weighted by Crippen LogP contribution is -2.48. The number of carbonyl (C=O) groups is 2. The number of hydrogen-bond donors (Lipinski definition) is 2. The van der Waals surface area contributed by atoms with Gasteiger partial charge in [-0.15, -0.1) is 11.3 Å². The van der Waals surface area contributed by atoms with Crippen LogP contribution in [0.3, 0.4) is 0 Å². The van der Waals surface area contributed by atoms with E-state index in [1.807, 2.05) is 12.1 Å². The van der Waals surface area contributed by atoms with E-state index in [1.165, 1.54) is 16.2 Å². The van der Waals surface area contributed by atoms with E-state index in [4.69, 9.17) is 4.74 Å². The van der Waals surface area contributed by atoms with Crippen molar-refractivity contribution in [1.29, 1.82) is 0 Å². The number of amides is 1. The molecule has 2 aliphatic rings. The third-order valence-corrected chi connectivity index (χ3v) is 7.37. The highest BCUT2D eigenvalue weighted by atomic mass is 32.1. The number of hydrogen-bond acceptors (Lipinski definition) is 7. The minimum absolute atomic E-state index is 0.0970. The Morgan fingerprint density at radius 3 is 2.59 bits per heavy atom. The first kappa shape index (κ1) is 22.6. The fourth-order valence-electron chi connectivity index (χ4n) is 4.45. The first-order valence-corrected chi connectivity index (χ1v) is 12.1. The maximum absolute atomic E-state index is 12.8. The quantitative estimate of drug-likeness (QED) is 0.646. The molecule has 1 aliphatic carbocycles. The Morgan fingerprint density at radius 1 is 1.19 bits per heavy atom. The van der Waals surface area contributed by atoms with Crippen molar-refractivity contribution in [3.8, 4) is 5.75 Å². The van der Waals surface area contributed by atoms with Crippen LogP contribution in [0.15, 0.2) is 24.3 Å². The molecule has 2 N–H and O–H groups in total. The third-order valence-electron chi connectivity index (χ3n) is 6.20. The molecule has 1 aromatic carbocycles. The second kappa shape index (κ2) is 9.92. The first-order chi connectivity index (χ1) is 15.4. The number of piperazine rings is 1. The van der Waals surface area contributed by atoms with Gasteiger partial charge in [-0.3, -0.25) is 9.69 Å². The molecule has 2 heterocycles. The van der Waals surface area contributed by atoms with Crippen LogP contribution in [0.4, 0.5) is 10.7 Å². The summed E-state index contributed by atoms with van der Waals surface area (Å²) in [6.45, 7) is 7.82. The molecule has 32 heavy (non-hydrogen) atoms. The Kier molecular flexibility index (Phi) is 7.01. The molecule has 1 atom stereocenters. The highest BCUT2D eigenvalue weighted by Crippen LogP contribution is 2.40. The number of thiophene rings is 1. The van der Waals surface area contributed by atoms with Gasteiger partial charge in [0.25, 0.3) is 0 Å². The average molecular weight is 458 g/mol. The normalized spacial score (nSPS) is 18.8. The van der Waals surface area contributed by atoms with E-state index < -0.39 is 0 Å². The molecule has 0 radical (unpaired) electrons. The van der Waals surface area contributed by atoms with Gasteiger partial charge >= 0.3 is 5.97 Å². The van der Waals surface area contributed by atoms with Crippen LogP contribution in [0.5, 0.6) is 5.75 Å². The minimum Gasteiger partial charge on any atom is -0.508 e. The van der Waals surface area contributed by atoms with E-state index >= 15 is 0 Å². The third kappa shape index (κ3) is 5.07. The topological polar surface area (TPSA) is 82.1 Å². The Bertz CT molecular complexity index is 964. The zero-order valence-corrected chi connectivity index (χ0v) is 19.5. The molecule has 1 fully saturated rings. The number of esters is 1. The number of rotatable bonds is 6. The van der Waals surface area contributed by atoms with Gasteiger partial charge in [-0.25, -0.2) is 4.79 Å². The largest absolute Gasteiger partial charge is 0.508 e. The molecule has 172 valence electrons. The second-order valence-electron chi connectivity index (χ2n) is 8.60. The predicted octanol–water partition coefficient (Wildman–Crippen LogP) is 3.52. The van der Waals surface area contributed by atoms with E-state index in [2.05, 4.69) is 22.0 Å². The summed E-state index contributed by atoms with van der Waals surface area (Å²) in [5.74, 6) is 0.415. The van der Waals surface area contributed by atoms with Gasteiger partial charge < -0.3 is 20.1 Å². The molecule has 2 aromatic rings. The van der Waals surface area contributed by atoms with Crippen LogP contribution in [0.2, 0.25) is 0 Å². The number of phenolic OH excluding ortho intramolecular Hbond substituents is 1. The van der Waals surface area contributed by atoms with Crippen LogP contribution in [0.1, 0.15) is 41.1 Å². The van der Waals surface area contributed by atoms with Gasteiger partial charge in [-0.05, 0) is 61.9 Å². The zero-order valence-electron chi connectivity index (χ0n) is 18.7. The number of carbonyl (C=O) groups excluding carboxylic acids is 2. The van der Waals surface area contributed by atoms with Crippen molar-refractivity contribution in [3.05, 3.63) is 40.3 Å². The number of ether oxygens (including phenoxy) is 1. The summed E-state index contributed by atoms with van der Waals surface area (Å²) in [7, 11) is 0. The molecular weight excluding hydrogens is 426 g/mol. The van der Waals surface area contributed by atoms with Crippen LogP contribution < -0.4 is 10.2 Å². The fraction of sp³-hybridized carbons (Fsp3) is 0.500. The van der Waals surface area contributed by atoms with Gasteiger partial charge in [0.15, 0.2) is 0 Å². The lowest BCUT2D eigenvalue weighted by molar-refractivity contribution is -0.117. The number of benzene rings is 1. The van der Waals surface area contributed by atoms with Crippen LogP contribution in [0.25, 0.3) is 0 Å². The van der Waals surface area contributed by atoms with E-state index in [9.17, 15) is 14.7 Å². The Labute approximate surface area is 193 Å². The van der Waals surface area contributed by atoms with Crippen molar-refractivity contribution in [2.45, 2.75) is 33.1 Å². The maximum Gasteiger partial charge on any atom is 0.341 e. The molecule has 7 nitrogen and oxygen atoms in total. The molecule has 0 bridgehead atoms. The molecule has 1 saturated heterocycles. The lowest BCUT2D eigenvalue weighted by Gasteiger charge is -2.35. The van der Waals surface area contributed by atoms with Gasteiger partial charge in [0.05, 0.1) is 18.7 Å². The van der Waals surface area contributed by atoms with E-state index in [0.717, 1.165) is 56.7 Å². The highest BCUT2D eigenvalue weighted by Gasteiger charge is 2.29. The van der Waals surface area contributed by atoms with Crippen LogP contribution in [0, 0.1) is 5.92 Å². The van der Waals surface area contributed by atoms with E-state index in [0.29, 0.717) is 29.6 Å². The maximum atomic E-state index is 12.8. The molecule has 1 aliphatic heterocycles. The van der Waals surface area contributed by atoms with E-state index in [-0.39, 0.29) is 17.6 Å². The molecule has 1 aromatic heterocycles. The van der Waals surface area contributed by atoms with Gasteiger partial charge in [0.2, 0.25) is 5.91 Å². The summed E-state index contributed by atoms with van der Waals surface area (Å²) in [4.78, 5) is 31.1. The van der Waals surface area contributed by atoms with Crippen LogP contribution >= 0.6 is 11.3 Å². The smallest absolute Gasteiger partial charge is 0.341 e. The number of phenols is 1. The van der Waals surface area contributed by atoms with Gasteiger partial charge in [0.1, 0.15) is 10.8 Å². The number of nitrogens with one attached hydrogen (secondary N) is 1. The highest BCUT2D eigenvalue weighted by molar-refractivity contribution is 7.17. The Morgan fingerprint density at radius 2 is 1.91 bits per heavy atom. The minimum atomic E-state index is -0.336. The first-order valence-electron chi connectivity index (χ1n) is 11.3. The van der Waals surface area contributed by atoms with Gasteiger partial charge in [-0.2, -0.15) is 0 Å². The standard InChI is InChI=1S/C24H31N3O4S/c1-3-31-24(30)22-19-9-4-16(2)14-20(19)32-23(22)25-21(29)15-26-10-12-27(13-11-26)17-5-7-18(28)8-6-17/h5-8,16,28H,3-4,9-15H2,1-2H3,(H,25,29). The predicted molar refractivity (Wildman–Crippen MR) is 127 cm³/mol. The number of fused-ring (bicyclic) bond motifs is 1. The Balaban J connectivity index is 1.38. The molecule has 4 rings (SSSR count). The van der Waals surface area contributed by atoms with Crippen molar-refractivity contribution >= 4 is 33.9 Å². The van der Waals surface area contributed by atoms with Crippen molar-refractivity contribution < 1.29 is 19.4 Å². The van der Waals surface area contributed by atoms with Gasteiger partial charge in [-0.1, -0.05) is 6.92 Å². The summed E-state index contributed by atoms with van der Waals surface area (Å²) in [5.41, 5.74) is 2.69. The molecule has 0 spiro atoms. The van der Waals surface area contributed by atoms with Gasteiger partial charge in [0, 0.05) is 36.7 Å². The molecule has 1 amide bonds. The fourth-order valence-corrected chi connectivity index (χ4v) is 5.87. The number of nitrogens with zero attached hydrogens (tertiary/aromatic N) is 2. The van der Waals surface area contributed by atoms with Crippen LogP contribution in [-0.4, -0.2) is 61.2 Å². The SMILES string of the molecule is CCOC(=O)c1c(NC(=O)CN2CCN(c3ccc(O)cc3)CC2)sc2c1CCC(C)C2. The second-order valence-corrected chi connectivity index (χ2v) is 9.71. The molecular formula is C24H31N3O4S. The summed E-state index contributed by atoms with van der Waals surface area (Å²) in [5, 5.41) is 13.1. The van der Waals surface area contributed by atoms with E-state index in [1.54, 1.807) is 19.1 Å². The summed E-state index contributed by atoms with van der Waals surface area (Å²) in [6, 6.07) is 7.21. The van der Waals surface area contributed by atoms with Crippen molar-refractivity contribution in [2.75, 3.05) is 49.5 Å².